The molecular formula is C18H16O4. The standard InChI is InChI=1S/C9H6O2.C9H10O2/c10-9-8-4-2-1-3-7(8)5-6-11-9;1-2-9(10)11-8-6-4-3-5-7-8/h1-6H;3-7H,2H2,1H3. The molecule has 3 aromatic rings. The zero-order valence-corrected chi connectivity index (χ0v) is 12.2. The van der Waals surface area contributed by atoms with Crippen molar-refractivity contribution in [2.45, 2.75) is 13.3 Å². The number of hydrogen-bond donors (Lipinski definition) is 0. The van der Waals surface area contributed by atoms with Crippen LogP contribution in [0.15, 0.2) is 76.1 Å². The number of para-hydroxylation sites is 1. The number of esters is 1. The highest BCUT2D eigenvalue weighted by Crippen LogP contribution is 2.08. The minimum absolute atomic E-state index is 0.198. The zero-order valence-electron chi connectivity index (χ0n) is 12.2. The first kappa shape index (κ1) is 15.5. The van der Waals surface area contributed by atoms with Crippen LogP contribution in [-0.2, 0) is 4.79 Å². The van der Waals surface area contributed by atoms with E-state index in [9.17, 15) is 9.59 Å². The number of carbonyl (C=O) groups excluding carboxylic acids is 1. The third-order valence-corrected chi connectivity index (χ3v) is 2.87. The molecule has 4 heteroatoms. The smallest absolute Gasteiger partial charge is 0.343 e. The topological polar surface area (TPSA) is 56.5 Å². The summed E-state index contributed by atoms with van der Waals surface area (Å²) in [6.07, 6.45) is 1.82. The summed E-state index contributed by atoms with van der Waals surface area (Å²) in [7, 11) is 0. The number of rotatable bonds is 2. The molecule has 4 nitrogen and oxygen atoms in total. The van der Waals surface area contributed by atoms with Crippen molar-refractivity contribution >= 4 is 16.7 Å². The summed E-state index contributed by atoms with van der Waals surface area (Å²) in [5.41, 5.74) is -0.275. The van der Waals surface area contributed by atoms with Crippen molar-refractivity contribution in [3.63, 3.8) is 0 Å². The average Bonchev–Trinajstić information content (AvgIpc) is 2.57. The molecule has 1 heterocycles. The summed E-state index contributed by atoms with van der Waals surface area (Å²) in [6.45, 7) is 1.77. The normalized spacial score (nSPS) is 9.68. The second-order valence-electron chi connectivity index (χ2n) is 4.44. The molecule has 0 aliphatic rings. The monoisotopic (exact) mass is 296 g/mol. The van der Waals surface area contributed by atoms with Gasteiger partial charge in [-0.25, -0.2) is 4.79 Å². The number of benzene rings is 2. The summed E-state index contributed by atoms with van der Waals surface area (Å²) >= 11 is 0. The molecule has 0 amide bonds. The Morgan fingerprint density at radius 1 is 1.00 bits per heavy atom. The fourth-order valence-corrected chi connectivity index (χ4v) is 1.75. The fraction of sp³-hybridized carbons (Fsp3) is 0.111. The van der Waals surface area contributed by atoms with Crippen molar-refractivity contribution in [2.75, 3.05) is 0 Å². The van der Waals surface area contributed by atoms with Crippen LogP contribution >= 0.6 is 0 Å². The van der Waals surface area contributed by atoms with E-state index in [4.69, 9.17) is 4.74 Å². The van der Waals surface area contributed by atoms with Gasteiger partial charge in [-0.2, -0.15) is 0 Å². The lowest BCUT2D eigenvalue weighted by Crippen LogP contribution is -2.04. The van der Waals surface area contributed by atoms with E-state index >= 15 is 0 Å². The predicted molar refractivity (Wildman–Crippen MR) is 84.9 cm³/mol. The van der Waals surface area contributed by atoms with Gasteiger partial charge in [0.25, 0.3) is 0 Å². The molecule has 112 valence electrons. The van der Waals surface area contributed by atoms with Gasteiger partial charge in [0.2, 0.25) is 0 Å². The fourth-order valence-electron chi connectivity index (χ4n) is 1.75. The highest BCUT2D eigenvalue weighted by atomic mass is 16.5. The Balaban J connectivity index is 0.000000160. The molecule has 0 atom stereocenters. The van der Waals surface area contributed by atoms with E-state index in [0.717, 1.165) is 5.39 Å². The highest BCUT2D eigenvalue weighted by molar-refractivity contribution is 5.80. The van der Waals surface area contributed by atoms with Gasteiger partial charge in [-0.1, -0.05) is 43.3 Å². The maximum absolute atomic E-state index is 11.0. The molecule has 0 saturated heterocycles. The molecule has 22 heavy (non-hydrogen) atoms. The van der Waals surface area contributed by atoms with Gasteiger partial charge >= 0.3 is 11.6 Å². The molecule has 3 rings (SSSR count). The summed E-state index contributed by atoms with van der Waals surface area (Å²) in [5.74, 6) is 0.413. The maximum atomic E-state index is 11.0. The van der Waals surface area contributed by atoms with Gasteiger partial charge in [-0.15, -0.1) is 0 Å². The van der Waals surface area contributed by atoms with Crippen molar-refractivity contribution in [3.05, 3.63) is 77.3 Å². The third kappa shape index (κ3) is 4.31. The zero-order chi connectivity index (χ0) is 15.8. The van der Waals surface area contributed by atoms with E-state index in [1.807, 2.05) is 36.4 Å². The average molecular weight is 296 g/mol. The highest BCUT2D eigenvalue weighted by Gasteiger charge is 1.98. The molecular weight excluding hydrogens is 280 g/mol. The molecule has 0 aliphatic heterocycles. The van der Waals surface area contributed by atoms with Crippen LogP contribution in [0.3, 0.4) is 0 Å². The molecule has 2 aromatic carbocycles. The van der Waals surface area contributed by atoms with Crippen LogP contribution < -0.4 is 10.4 Å². The van der Waals surface area contributed by atoms with Gasteiger partial charge < -0.3 is 9.15 Å². The lowest BCUT2D eigenvalue weighted by molar-refractivity contribution is -0.134. The molecule has 0 radical (unpaired) electrons. The molecule has 0 fully saturated rings. The number of fused-ring (bicyclic) bond motifs is 1. The summed E-state index contributed by atoms with van der Waals surface area (Å²) < 4.78 is 9.61. The summed E-state index contributed by atoms with van der Waals surface area (Å²) in [6, 6.07) is 18.2. The van der Waals surface area contributed by atoms with Crippen molar-refractivity contribution < 1.29 is 13.9 Å². The Morgan fingerprint density at radius 2 is 1.68 bits per heavy atom. The molecule has 0 unspecified atom stereocenters. The number of hydrogen-bond acceptors (Lipinski definition) is 4. The van der Waals surface area contributed by atoms with Gasteiger partial charge in [-0.3, -0.25) is 4.79 Å². The van der Waals surface area contributed by atoms with Gasteiger partial charge in [0.15, 0.2) is 0 Å². The predicted octanol–water partition coefficient (Wildman–Crippen LogP) is 3.80. The van der Waals surface area contributed by atoms with Crippen molar-refractivity contribution in [1.82, 2.24) is 0 Å². The lowest BCUT2D eigenvalue weighted by atomic mass is 10.2. The Bertz CT molecular complexity index is 785. The van der Waals surface area contributed by atoms with Crippen LogP contribution in [0, 0.1) is 0 Å². The first-order valence-corrected chi connectivity index (χ1v) is 6.93. The second kappa shape index (κ2) is 7.78. The van der Waals surface area contributed by atoms with E-state index in [0.29, 0.717) is 17.6 Å². The molecule has 0 bridgehead atoms. The van der Waals surface area contributed by atoms with E-state index in [1.165, 1.54) is 6.26 Å². The van der Waals surface area contributed by atoms with Crippen LogP contribution in [0.2, 0.25) is 0 Å². The van der Waals surface area contributed by atoms with Gasteiger partial charge in [0.1, 0.15) is 5.75 Å². The Labute approximate surface area is 128 Å². The second-order valence-corrected chi connectivity index (χ2v) is 4.44. The third-order valence-electron chi connectivity index (χ3n) is 2.87. The SMILES string of the molecule is CCC(=O)Oc1ccccc1.O=c1occc2ccccc12. The van der Waals surface area contributed by atoms with Gasteiger partial charge in [0.05, 0.1) is 11.6 Å². The first-order valence-electron chi connectivity index (χ1n) is 6.93. The Morgan fingerprint density at radius 3 is 2.36 bits per heavy atom. The Hall–Kier alpha value is -2.88. The molecule has 0 aliphatic carbocycles. The minimum Gasteiger partial charge on any atom is -0.431 e. The first-order chi connectivity index (χ1) is 10.7. The van der Waals surface area contributed by atoms with Crippen LogP contribution in [0.4, 0.5) is 0 Å². The quantitative estimate of drug-likeness (QED) is 0.533. The molecule has 0 N–H and O–H groups in total. The van der Waals surface area contributed by atoms with Crippen molar-refractivity contribution in [3.8, 4) is 5.75 Å². The van der Waals surface area contributed by atoms with Crippen molar-refractivity contribution in [2.24, 2.45) is 0 Å². The largest absolute Gasteiger partial charge is 0.431 e. The molecule has 0 saturated carbocycles. The van der Waals surface area contributed by atoms with Crippen LogP contribution in [0.1, 0.15) is 13.3 Å². The molecule has 1 aromatic heterocycles. The van der Waals surface area contributed by atoms with Crippen molar-refractivity contribution in [1.29, 1.82) is 0 Å². The Kier molecular flexibility index (Phi) is 5.49. The lowest BCUT2D eigenvalue weighted by Gasteiger charge is -1.99. The van der Waals surface area contributed by atoms with Crippen LogP contribution in [0.25, 0.3) is 10.8 Å². The van der Waals surface area contributed by atoms with E-state index in [-0.39, 0.29) is 11.6 Å². The van der Waals surface area contributed by atoms with Gasteiger partial charge in [-0.05, 0) is 29.7 Å². The van der Waals surface area contributed by atoms with E-state index in [1.54, 1.807) is 31.2 Å². The minimum atomic E-state index is -0.275. The van der Waals surface area contributed by atoms with Crippen LogP contribution in [0.5, 0.6) is 5.75 Å². The van der Waals surface area contributed by atoms with E-state index in [2.05, 4.69) is 4.42 Å². The summed E-state index contributed by atoms with van der Waals surface area (Å²) in [4.78, 5) is 21.8. The van der Waals surface area contributed by atoms with Crippen LogP contribution in [-0.4, -0.2) is 5.97 Å². The van der Waals surface area contributed by atoms with E-state index < -0.39 is 0 Å². The van der Waals surface area contributed by atoms with Gasteiger partial charge in [0, 0.05) is 6.42 Å². The number of carbonyl (C=O) groups is 1. The molecule has 0 spiro atoms. The number of ether oxygens (including phenoxy) is 1. The summed E-state index contributed by atoms with van der Waals surface area (Å²) in [5, 5.41) is 1.55. The maximum Gasteiger partial charge on any atom is 0.343 e.